The normalized spacial score (nSPS) is 10.9. The van der Waals surface area contributed by atoms with E-state index in [0.29, 0.717) is 5.15 Å². The summed E-state index contributed by atoms with van der Waals surface area (Å²) in [6.07, 6.45) is 0. The van der Waals surface area contributed by atoms with Crippen LogP contribution in [-0.2, 0) is 13.1 Å². The summed E-state index contributed by atoms with van der Waals surface area (Å²) < 4.78 is 0. The zero-order chi connectivity index (χ0) is 13.7. The molecular formula is C15H18ClN3. The van der Waals surface area contributed by atoms with Crippen molar-refractivity contribution in [3.8, 4) is 0 Å². The lowest BCUT2D eigenvalue weighted by Gasteiger charge is -2.19. The van der Waals surface area contributed by atoms with Crippen molar-refractivity contribution >= 4 is 11.6 Å². The molecule has 0 unspecified atom stereocenters. The molecule has 0 aliphatic heterocycles. The third kappa shape index (κ3) is 4.30. The smallest absolute Gasteiger partial charge is 0.129 e. The van der Waals surface area contributed by atoms with Crippen LogP contribution in [0, 0.1) is 6.92 Å². The highest BCUT2D eigenvalue weighted by atomic mass is 35.5. The molecule has 0 aromatic carbocycles. The fourth-order valence-corrected chi connectivity index (χ4v) is 2.14. The molecule has 0 spiro atoms. The average molecular weight is 276 g/mol. The van der Waals surface area contributed by atoms with E-state index in [1.165, 1.54) is 0 Å². The largest absolute Gasteiger partial charge is 0.292 e. The summed E-state index contributed by atoms with van der Waals surface area (Å²) in [5.41, 5.74) is 3.13. The van der Waals surface area contributed by atoms with E-state index in [0.717, 1.165) is 36.7 Å². The molecule has 2 aromatic rings. The quantitative estimate of drug-likeness (QED) is 0.783. The molecule has 4 heteroatoms. The lowest BCUT2D eigenvalue weighted by Crippen LogP contribution is -2.23. The van der Waals surface area contributed by atoms with Gasteiger partial charge in [-0.1, -0.05) is 30.7 Å². The second kappa shape index (κ2) is 6.64. The monoisotopic (exact) mass is 275 g/mol. The van der Waals surface area contributed by atoms with Crippen molar-refractivity contribution in [1.82, 2.24) is 14.9 Å². The summed E-state index contributed by atoms with van der Waals surface area (Å²) in [5.74, 6) is 0. The van der Waals surface area contributed by atoms with Gasteiger partial charge in [0.05, 0.1) is 11.4 Å². The van der Waals surface area contributed by atoms with Gasteiger partial charge in [0.15, 0.2) is 0 Å². The Kier molecular flexibility index (Phi) is 4.88. The van der Waals surface area contributed by atoms with Crippen LogP contribution in [0.5, 0.6) is 0 Å². The van der Waals surface area contributed by atoms with Crippen molar-refractivity contribution in [2.24, 2.45) is 0 Å². The molecule has 0 saturated carbocycles. The van der Waals surface area contributed by atoms with Gasteiger partial charge in [-0.25, -0.2) is 4.98 Å². The first-order valence-electron chi connectivity index (χ1n) is 6.43. The number of aryl methyl sites for hydroxylation is 1. The van der Waals surface area contributed by atoms with Gasteiger partial charge >= 0.3 is 0 Å². The first kappa shape index (κ1) is 14.0. The van der Waals surface area contributed by atoms with Crippen molar-refractivity contribution in [1.29, 1.82) is 0 Å². The van der Waals surface area contributed by atoms with E-state index in [1.54, 1.807) is 6.07 Å². The van der Waals surface area contributed by atoms with Gasteiger partial charge in [-0.3, -0.25) is 9.88 Å². The summed E-state index contributed by atoms with van der Waals surface area (Å²) >= 11 is 5.91. The third-order valence-corrected chi connectivity index (χ3v) is 3.15. The molecule has 0 fully saturated rings. The van der Waals surface area contributed by atoms with Crippen molar-refractivity contribution in [3.63, 3.8) is 0 Å². The summed E-state index contributed by atoms with van der Waals surface area (Å²) in [4.78, 5) is 11.1. The molecular weight excluding hydrogens is 258 g/mol. The minimum atomic E-state index is 0.544. The molecule has 0 bridgehead atoms. The van der Waals surface area contributed by atoms with Crippen LogP contribution in [0.4, 0.5) is 0 Å². The fourth-order valence-electron chi connectivity index (χ4n) is 1.96. The highest BCUT2D eigenvalue weighted by molar-refractivity contribution is 6.29. The molecule has 2 rings (SSSR count). The molecule has 0 amide bonds. The van der Waals surface area contributed by atoms with E-state index in [-0.39, 0.29) is 0 Å². The van der Waals surface area contributed by atoms with Crippen molar-refractivity contribution in [2.45, 2.75) is 26.9 Å². The van der Waals surface area contributed by atoms with Crippen LogP contribution in [0.15, 0.2) is 36.4 Å². The van der Waals surface area contributed by atoms with Crippen LogP contribution < -0.4 is 0 Å². The number of rotatable bonds is 5. The number of aromatic nitrogens is 2. The highest BCUT2D eigenvalue weighted by Crippen LogP contribution is 2.10. The van der Waals surface area contributed by atoms with Gasteiger partial charge in [-0.05, 0) is 37.7 Å². The second-order valence-electron chi connectivity index (χ2n) is 4.53. The minimum absolute atomic E-state index is 0.544. The van der Waals surface area contributed by atoms with E-state index < -0.39 is 0 Å². The van der Waals surface area contributed by atoms with Gasteiger partial charge in [0.25, 0.3) is 0 Å². The molecule has 0 radical (unpaired) electrons. The van der Waals surface area contributed by atoms with Crippen LogP contribution in [0.3, 0.4) is 0 Å². The molecule has 2 heterocycles. The number of pyridine rings is 2. The van der Waals surface area contributed by atoms with Gasteiger partial charge in [0.2, 0.25) is 0 Å². The number of halogens is 1. The predicted octanol–water partition coefficient (Wildman–Crippen LogP) is 3.46. The van der Waals surface area contributed by atoms with Gasteiger partial charge in [-0.15, -0.1) is 0 Å². The van der Waals surface area contributed by atoms with Gasteiger partial charge in [0.1, 0.15) is 5.15 Å². The first-order valence-corrected chi connectivity index (χ1v) is 6.81. The first-order chi connectivity index (χ1) is 9.17. The zero-order valence-corrected chi connectivity index (χ0v) is 12.1. The minimum Gasteiger partial charge on any atom is -0.292 e. The van der Waals surface area contributed by atoms with Gasteiger partial charge < -0.3 is 0 Å². The molecule has 3 nitrogen and oxygen atoms in total. The Morgan fingerprint density at radius 1 is 1.00 bits per heavy atom. The van der Waals surface area contributed by atoms with Gasteiger partial charge in [-0.2, -0.15) is 0 Å². The number of nitrogens with zero attached hydrogens (tertiary/aromatic N) is 3. The standard InChI is InChI=1S/C15H18ClN3/c1-3-19(10-13-7-4-6-12(2)17-13)11-14-8-5-9-15(16)18-14/h4-9H,3,10-11H2,1-2H3. The summed E-state index contributed by atoms with van der Waals surface area (Å²) in [6, 6.07) is 11.8. The Hall–Kier alpha value is -1.45. The van der Waals surface area contributed by atoms with Crippen molar-refractivity contribution in [3.05, 3.63) is 58.6 Å². The van der Waals surface area contributed by atoms with Crippen molar-refractivity contribution < 1.29 is 0 Å². The zero-order valence-electron chi connectivity index (χ0n) is 11.3. The number of hydrogen-bond donors (Lipinski definition) is 0. The van der Waals surface area contributed by atoms with Crippen LogP contribution in [-0.4, -0.2) is 21.4 Å². The Labute approximate surface area is 119 Å². The Morgan fingerprint density at radius 3 is 2.21 bits per heavy atom. The fraction of sp³-hybridized carbons (Fsp3) is 0.333. The van der Waals surface area contributed by atoms with E-state index in [9.17, 15) is 0 Å². The maximum absolute atomic E-state index is 5.91. The maximum atomic E-state index is 5.91. The molecule has 0 aliphatic rings. The average Bonchev–Trinajstić information content (AvgIpc) is 2.38. The van der Waals surface area contributed by atoms with Crippen molar-refractivity contribution in [2.75, 3.05) is 6.54 Å². The third-order valence-electron chi connectivity index (χ3n) is 2.94. The highest BCUT2D eigenvalue weighted by Gasteiger charge is 2.07. The second-order valence-corrected chi connectivity index (χ2v) is 4.91. The van der Waals surface area contributed by atoms with E-state index >= 15 is 0 Å². The van der Waals surface area contributed by atoms with Crippen LogP contribution in [0.25, 0.3) is 0 Å². The maximum Gasteiger partial charge on any atom is 0.129 e. The summed E-state index contributed by atoms with van der Waals surface area (Å²) in [5, 5.41) is 0.544. The Morgan fingerprint density at radius 2 is 1.63 bits per heavy atom. The van der Waals surface area contributed by atoms with Gasteiger partial charge in [0, 0.05) is 18.8 Å². The van der Waals surface area contributed by atoms with Crippen LogP contribution >= 0.6 is 11.6 Å². The Bertz CT molecular complexity index is 495. The summed E-state index contributed by atoms with van der Waals surface area (Å²) in [6.45, 7) is 6.71. The van der Waals surface area contributed by atoms with E-state index in [4.69, 9.17) is 11.6 Å². The summed E-state index contributed by atoms with van der Waals surface area (Å²) in [7, 11) is 0. The topological polar surface area (TPSA) is 29.0 Å². The Balaban J connectivity index is 2.04. The molecule has 0 aliphatic carbocycles. The molecule has 2 aromatic heterocycles. The molecule has 19 heavy (non-hydrogen) atoms. The molecule has 100 valence electrons. The van der Waals surface area contributed by atoms with E-state index in [2.05, 4.69) is 27.9 Å². The van der Waals surface area contributed by atoms with E-state index in [1.807, 2.05) is 31.2 Å². The molecule has 0 atom stereocenters. The van der Waals surface area contributed by atoms with Crippen LogP contribution in [0.1, 0.15) is 24.0 Å². The SMILES string of the molecule is CCN(Cc1cccc(C)n1)Cc1cccc(Cl)n1. The lowest BCUT2D eigenvalue weighted by atomic mass is 10.2. The number of hydrogen-bond acceptors (Lipinski definition) is 3. The predicted molar refractivity (Wildman–Crippen MR) is 78.0 cm³/mol. The molecule has 0 N–H and O–H groups in total. The molecule has 0 saturated heterocycles. The lowest BCUT2D eigenvalue weighted by molar-refractivity contribution is 0.265. The van der Waals surface area contributed by atoms with Crippen LogP contribution in [0.2, 0.25) is 5.15 Å².